The van der Waals surface area contributed by atoms with E-state index >= 15 is 0 Å². The van der Waals surface area contributed by atoms with Gasteiger partial charge in [0.2, 0.25) is 0 Å². The van der Waals surface area contributed by atoms with Crippen LogP contribution in [0.2, 0.25) is 0 Å². The van der Waals surface area contributed by atoms with Gasteiger partial charge in [-0.15, -0.1) is 10.2 Å². The Labute approximate surface area is 101 Å². The Morgan fingerprint density at radius 1 is 1.35 bits per heavy atom. The third-order valence-corrected chi connectivity index (χ3v) is 4.06. The lowest BCUT2D eigenvalue weighted by atomic mass is 10.0. The van der Waals surface area contributed by atoms with Gasteiger partial charge < -0.3 is 4.57 Å². The Morgan fingerprint density at radius 3 is 2.71 bits per heavy atom. The highest BCUT2D eigenvalue weighted by molar-refractivity contribution is 5.80. The fourth-order valence-corrected chi connectivity index (χ4v) is 3.15. The van der Waals surface area contributed by atoms with Crippen LogP contribution in [0.3, 0.4) is 0 Å². The molecule has 0 amide bonds. The first-order chi connectivity index (χ1) is 8.28. The van der Waals surface area contributed by atoms with Crippen LogP contribution in [0.1, 0.15) is 38.4 Å². The zero-order valence-electron chi connectivity index (χ0n) is 10.2. The summed E-state index contributed by atoms with van der Waals surface area (Å²) in [5, 5.41) is 8.15. The molecule has 0 spiro atoms. The van der Waals surface area contributed by atoms with Crippen LogP contribution in [0.4, 0.5) is 0 Å². The van der Waals surface area contributed by atoms with Crippen molar-refractivity contribution in [1.82, 2.24) is 19.7 Å². The van der Waals surface area contributed by atoms with E-state index in [0.717, 1.165) is 44.6 Å². The molecule has 3 rings (SSSR count). The van der Waals surface area contributed by atoms with Crippen LogP contribution in [0.15, 0.2) is 6.33 Å². The summed E-state index contributed by atoms with van der Waals surface area (Å²) in [6.07, 6.45) is 5.58. The average molecular weight is 234 g/mol. The second kappa shape index (κ2) is 4.22. The topological polar surface area (TPSA) is 51.0 Å². The zero-order chi connectivity index (χ0) is 11.8. The summed E-state index contributed by atoms with van der Waals surface area (Å²) < 4.78 is 2.08. The number of hydrogen-bond acceptors (Lipinski definition) is 4. The highest BCUT2D eigenvalue weighted by Crippen LogP contribution is 2.34. The SMILES string of the molecule is CCn1cnnc1CN1C2CCC1CC(=O)C2. The molecule has 0 aliphatic carbocycles. The molecule has 2 aliphatic rings. The fourth-order valence-electron chi connectivity index (χ4n) is 3.15. The molecular weight excluding hydrogens is 216 g/mol. The molecule has 1 aromatic rings. The maximum absolute atomic E-state index is 11.5. The van der Waals surface area contributed by atoms with Gasteiger partial charge in [-0.2, -0.15) is 0 Å². The van der Waals surface area contributed by atoms with E-state index in [4.69, 9.17) is 0 Å². The van der Waals surface area contributed by atoms with Crippen molar-refractivity contribution < 1.29 is 4.79 Å². The third-order valence-electron chi connectivity index (χ3n) is 4.06. The van der Waals surface area contributed by atoms with Gasteiger partial charge in [0.1, 0.15) is 17.9 Å². The number of Topliss-reactive ketones (excluding diaryl/α,β-unsaturated/α-hetero) is 1. The number of ketones is 1. The Balaban J connectivity index is 1.76. The van der Waals surface area contributed by atoms with Crippen molar-refractivity contribution in [2.45, 2.75) is 57.8 Å². The number of carbonyl (C=O) groups is 1. The molecule has 92 valence electrons. The summed E-state index contributed by atoms with van der Waals surface area (Å²) in [6, 6.07) is 0.895. The number of piperidine rings is 1. The number of rotatable bonds is 3. The van der Waals surface area contributed by atoms with Crippen molar-refractivity contribution in [2.75, 3.05) is 0 Å². The number of aryl methyl sites for hydroxylation is 1. The lowest BCUT2D eigenvalue weighted by Gasteiger charge is -2.33. The predicted molar refractivity (Wildman–Crippen MR) is 62.3 cm³/mol. The second-order valence-corrected chi connectivity index (χ2v) is 5.04. The molecule has 5 heteroatoms. The van der Waals surface area contributed by atoms with Gasteiger partial charge >= 0.3 is 0 Å². The Hall–Kier alpha value is -1.23. The van der Waals surface area contributed by atoms with E-state index in [1.54, 1.807) is 6.33 Å². The van der Waals surface area contributed by atoms with E-state index in [1.807, 2.05) is 0 Å². The molecule has 3 heterocycles. The summed E-state index contributed by atoms with van der Waals surface area (Å²) in [6.45, 7) is 3.85. The van der Waals surface area contributed by atoms with E-state index < -0.39 is 0 Å². The number of hydrogen-bond donors (Lipinski definition) is 0. The minimum atomic E-state index is 0.436. The number of nitrogens with zero attached hydrogens (tertiary/aromatic N) is 4. The summed E-state index contributed by atoms with van der Waals surface area (Å²) >= 11 is 0. The smallest absolute Gasteiger partial charge is 0.147 e. The fraction of sp³-hybridized carbons (Fsp3) is 0.750. The van der Waals surface area contributed by atoms with Gasteiger partial charge in [0, 0.05) is 31.5 Å². The molecule has 2 bridgehead atoms. The Morgan fingerprint density at radius 2 is 2.06 bits per heavy atom. The summed E-state index contributed by atoms with van der Waals surface area (Å²) in [5.41, 5.74) is 0. The van der Waals surface area contributed by atoms with E-state index in [-0.39, 0.29) is 0 Å². The number of carbonyl (C=O) groups excluding carboxylic acids is 1. The van der Waals surface area contributed by atoms with Crippen LogP contribution in [0, 0.1) is 0 Å². The normalized spacial score (nSPS) is 28.9. The summed E-state index contributed by atoms with van der Waals surface area (Å²) in [5.74, 6) is 1.46. The second-order valence-electron chi connectivity index (χ2n) is 5.04. The quantitative estimate of drug-likeness (QED) is 0.782. The van der Waals surface area contributed by atoms with E-state index in [1.165, 1.54) is 0 Å². The molecule has 2 saturated heterocycles. The predicted octanol–water partition coefficient (Wildman–Crippen LogP) is 0.994. The molecule has 0 saturated carbocycles. The largest absolute Gasteiger partial charge is 0.317 e. The van der Waals surface area contributed by atoms with Crippen molar-refractivity contribution in [2.24, 2.45) is 0 Å². The third kappa shape index (κ3) is 1.88. The van der Waals surface area contributed by atoms with E-state index in [2.05, 4.69) is 26.6 Å². The number of aromatic nitrogens is 3. The van der Waals surface area contributed by atoms with Crippen LogP contribution in [0.25, 0.3) is 0 Å². The summed E-state index contributed by atoms with van der Waals surface area (Å²) in [4.78, 5) is 14.0. The lowest BCUT2D eigenvalue weighted by Crippen LogP contribution is -2.43. The van der Waals surface area contributed by atoms with Crippen molar-refractivity contribution >= 4 is 5.78 Å². The van der Waals surface area contributed by atoms with Crippen LogP contribution in [-0.4, -0.2) is 37.5 Å². The first-order valence-electron chi connectivity index (χ1n) is 6.42. The molecule has 0 radical (unpaired) electrons. The van der Waals surface area contributed by atoms with Gasteiger partial charge in [0.15, 0.2) is 0 Å². The minimum absolute atomic E-state index is 0.436. The lowest BCUT2D eigenvalue weighted by molar-refractivity contribution is -0.123. The van der Waals surface area contributed by atoms with Gasteiger partial charge in [-0.05, 0) is 19.8 Å². The molecule has 2 unspecified atom stereocenters. The van der Waals surface area contributed by atoms with Gasteiger partial charge in [-0.1, -0.05) is 0 Å². The molecule has 5 nitrogen and oxygen atoms in total. The molecule has 17 heavy (non-hydrogen) atoms. The monoisotopic (exact) mass is 234 g/mol. The van der Waals surface area contributed by atoms with Crippen molar-refractivity contribution in [3.8, 4) is 0 Å². The minimum Gasteiger partial charge on any atom is -0.317 e. The molecule has 2 fully saturated rings. The molecule has 2 aliphatic heterocycles. The molecule has 0 N–H and O–H groups in total. The van der Waals surface area contributed by atoms with Gasteiger partial charge in [0.05, 0.1) is 6.54 Å². The van der Waals surface area contributed by atoms with Crippen LogP contribution >= 0.6 is 0 Å². The highest BCUT2D eigenvalue weighted by atomic mass is 16.1. The van der Waals surface area contributed by atoms with Gasteiger partial charge in [-0.3, -0.25) is 9.69 Å². The highest BCUT2D eigenvalue weighted by Gasteiger charge is 2.40. The Kier molecular flexibility index (Phi) is 2.70. The maximum Gasteiger partial charge on any atom is 0.147 e. The van der Waals surface area contributed by atoms with Crippen molar-refractivity contribution in [3.63, 3.8) is 0 Å². The standard InChI is InChI=1S/C12H18N4O/c1-2-15-8-13-14-12(15)7-16-9-3-4-10(16)6-11(17)5-9/h8-10H,2-7H2,1H3. The van der Waals surface area contributed by atoms with Crippen LogP contribution in [-0.2, 0) is 17.9 Å². The molecular formula is C12H18N4O. The van der Waals surface area contributed by atoms with Gasteiger partial charge in [-0.25, -0.2) is 0 Å². The summed E-state index contributed by atoms with van der Waals surface area (Å²) in [7, 11) is 0. The molecule has 1 aromatic heterocycles. The van der Waals surface area contributed by atoms with Gasteiger partial charge in [0.25, 0.3) is 0 Å². The maximum atomic E-state index is 11.5. The first kappa shape index (κ1) is 10.9. The van der Waals surface area contributed by atoms with Crippen molar-refractivity contribution in [3.05, 3.63) is 12.2 Å². The zero-order valence-corrected chi connectivity index (χ0v) is 10.2. The van der Waals surface area contributed by atoms with Crippen LogP contribution < -0.4 is 0 Å². The van der Waals surface area contributed by atoms with E-state index in [0.29, 0.717) is 17.9 Å². The van der Waals surface area contributed by atoms with E-state index in [9.17, 15) is 4.79 Å². The number of fused-ring (bicyclic) bond motifs is 2. The first-order valence-corrected chi connectivity index (χ1v) is 6.42. The Bertz CT molecular complexity index is 412. The average Bonchev–Trinajstić information content (AvgIpc) is 2.84. The van der Waals surface area contributed by atoms with Crippen LogP contribution in [0.5, 0.6) is 0 Å². The van der Waals surface area contributed by atoms with Crippen molar-refractivity contribution in [1.29, 1.82) is 0 Å². The molecule has 2 atom stereocenters. The molecule has 0 aromatic carbocycles.